The highest BCUT2D eigenvalue weighted by Crippen LogP contribution is 2.18. The van der Waals surface area contributed by atoms with E-state index in [0.717, 1.165) is 17.0 Å². The molecule has 1 heterocycles. The van der Waals surface area contributed by atoms with E-state index in [4.69, 9.17) is 9.72 Å². The number of rotatable bonds is 5. The van der Waals surface area contributed by atoms with Crippen LogP contribution in [0.1, 0.15) is 18.3 Å². The van der Waals surface area contributed by atoms with Crippen molar-refractivity contribution in [2.45, 2.75) is 6.92 Å². The summed E-state index contributed by atoms with van der Waals surface area (Å²) in [6, 6.07) is 24.8. The fraction of sp³-hybridized carbons (Fsp3) is 0.0833. The molecule has 0 saturated carbocycles. The predicted octanol–water partition coefficient (Wildman–Crippen LogP) is 4.95. The molecule has 4 aromatic rings. The average Bonchev–Trinajstić information content (AvgIpc) is 2.73. The Morgan fingerprint density at radius 1 is 0.929 bits per heavy atom. The summed E-state index contributed by atoms with van der Waals surface area (Å²) in [6.45, 7) is 2.58. The summed E-state index contributed by atoms with van der Waals surface area (Å²) < 4.78 is 7.21. The van der Waals surface area contributed by atoms with Gasteiger partial charge in [0, 0.05) is 0 Å². The van der Waals surface area contributed by atoms with E-state index in [2.05, 4.69) is 0 Å². The molecule has 28 heavy (non-hydrogen) atoms. The molecule has 3 aromatic carbocycles. The normalized spacial score (nSPS) is 11.2. The van der Waals surface area contributed by atoms with Crippen LogP contribution in [0.5, 0.6) is 5.75 Å². The molecule has 0 radical (unpaired) electrons. The van der Waals surface area contributed by atoms with Gasteiger partial charge in [0.1, 0.15) is 11.6 Å². The lowest BCUT2D eigenvalue weighted by Gasteiger charge is -2.11. The number of nitrogens with zero attached hydrogens (tertiary/aromatic N) is 2. The second-order valence-corrected chi connectivity index (χ2v) is 6.30. The molecule has 0 N–H and O–H groups in total. The SMILES string of the molecule is CCOc1cccc(/C=C/c2nc3ccccc3c(=O)n2-c2ccccc2)c1. The molecule has 0 saturated heterocycles. The van der Waals surface area contributed by atoms with Crippen molar-refractivity contribution in [2.24, 2.45) is 0 Å². The summed E-state index contributed by atoms with van der Waals surface area (Å²) in [5.74, 6) is 1.40. The Bertz CT molecular complexity index is 1190. The van der Waals surface area contributed by atoms with Crippen molar-refractivity contribution < 1.29 is 4.74 Å². The third-order valence-corrected chi connectivity index (χ3v) is 4.41. The third kappa shape index (κ3) is 3.58. The van der Waals surface area contributed by atoms with E-state index in [1.807, 2.05) is 97.9 Å². The molecule has 1 aromatic heterocycles. The molecule has 4 nitrogen and oxygen atoms in total. The van der Waals surface area contributed by atoms with Gasteiger partial charge in [-0.3, -0.25) is 9.36 Å². The standard InChI is InChI=1S/C24H20N2O2/c1-2-28-20-12-8-9-18(17-20)15-16-23-25-22-14-7-6-13-21(22)24(27)26(23)19-10-4-3-5-11-19/h3-17H,2H2,1H3/b16-15+. The number of ether oxygens (including phenoxy) is 1. The van der Waals surface area contributed by atoms with Gasteiger partial charge < -0.3 is 4.74 Å². The second kappa shape index (κ2) is 7.92. The average molecular weight is 368 g/mol. The molecule has 0 aliphatic carbocycles. The Morgan fingerprint density at radius 3 is 2.54 bits per heavy atom. The Labute approximate surface area is 163 Å². The van der Waals surface area contributed by atoms with Gasteiger partial charge in [-0.25, -0.2) is 4.98 Å². The minimum Gasteiger partial charge on any atom is -0.494 e. The zero-order valence-corrected chi connectivity index (χ0v) is 15.6. The Morgan fingerprint density at radius 2 is 1.71 bits per heavy atom. The van der Waals surface area contributed by atoms with E-state index in [-0.39, 0.29) is 5.56 Å². The van der Waals surface area contributed by atoms with Crippen molar-refractivity contribution >= 4 is 23.1 Å². The first-order valence-electron chi connectivity index (χ1n) is 9.24. The van der Waals surface area contributed by atoms with E-state index in [9.17, 15) is 4.79 Å². The van der Waals surface area contributed by atoms with Crippen LogP contribution in [0.25, 0.3) is 28.7 Å². The van der Waals surface area contributed by atoms with Crippen LogP contribution in [0.4, 0.5) is 0 Å². The first-order chi connectivity index (χ1) is 13.8. The molecule has 0 bridgehead atoms. The minimum atomic E-state index is -0.0838. The van der Waals surface area contributed by atoms with Crippen LogP contribution >= 0.6 is 0 Å². The van der Waals surface area contributed by atoms with Gasteiger partial charge in [0.05, 0.1) is 23.2 Å². The summed E-state index contributed by atoms with van der Waals surface area (Å²) in [4.78, 5) is 17.9. The summed E-state index contributed by atoms with van der Waals surface area (Å²) in [5, 5.41) is 0.599. The summed E-state index contributed by atoms with van der Waals surface area (Å²) in [5.41, 5.74) is 2.36. The van der Waals surface area contributed by atoms with Crippen LogP contribution < -0.4 is 10.3 Å². The van der Waals surface area contributed by atoms with Crippen LogP contribution in [0.2, 0.25) is 0 Å². The lowest BCUT2D eigenvalue weighted by atomic mass is 10.2. The van der Waals surface area contributed by atoms with Gasteiger partial charge in [-0.15, -0.1) is 0 Å². The molecular formula is C24H20N2O2. The van der Waals surface area contributed by atoms with Gasteiger partial charge in [0.15, 0.2) is 0 Å². The number of hydrogen-bond acceptors (Lipinski definition) is 3. The van der Waals surface area contributed by atoms with Crippen LogP contribution in [-0.4, -0.2) is 16.2 Å². The topological polar surface area (TPSA) is 44.1 Å². The predicted molar refractivity (Wildman–Crippen MR) is 114 cm³/mol. The summed E-state index contributed by atoms with van der Waals surface area (Å²) >= 11 is 0. The number of aromatic nitrogens is 2. The van der Waals surface area contributed by atoms with E-state index < -0.39 is 0 Å². The van der Waals surface area contributed by atoms with E-state index in [1.165, 1.54) is 0 Å². The molecule has 4 heteroatoms. The van der Waals surface area contributed by atoms with Gasteiger partial charge in [0.2, 0.25) is 0 Å². The lowest BCUT2D eigenvalue weighted by Crippen LogP contribution is -2.22. The molecule has 0 aliphatic rings. The van der Waals surface area contributed by atoms with Gasteiger partial charge in [0.25, 0.3) is 5.56 Å². The fourth-order valence-electron chi connectivity index (χ4n) is 3.13. The third-order valence-electron chi connectivity index (χ3n) is 4.41. The quantitative estimate of drug-likeness (QED) is 0.500. The number of hydrogen-bond donors (Lipinski definition) is 0. The molecule has 0 unspecified atom stereocenters. The molecule has 0 atom stereocenters. The summed E-state index contributed by atoms with van der Waals surface area (Å²) in [7, 11) is 0. The zero-order chi connectivity index (χ0) is 19.3. The number of fused-ring (bicyclic) bond motifs is 1. The molecule has 138 valence electrons. The Balaban J connectivity index is 1.86. The van der Waals surface area contributed by atoms with Crippen molar-refractivity contribution in [3.05, 3.63) is 101 Å². The van der Waals surface area contributed by atoms with Crippen molar-refractivity contribution in [3.8, 4) is 11.4 Å². The highest BCUT2D eigenvalue weighted by molar-refractivity contribution is 5.80. The Hall–Kier alpha value is -3.66. The zero-order valence-electron chi connectivity index (χ0n) is 15.6. The molecule has 0 aliphatic heterocycles. The highest BCUT2D eigenvalue weighted by Gasteiger charge is 2.10. The minimum absolute atomic E-state index is 0.0838. The van der Waals surface area contributed by atoms with Crippen molar-refractivity contribution in [1.29, 1.82) is 0 Å². The van der Waals surface area contributed by atoms with Gasteiger partial charge >= 0.3 is 0 Å². The maximum absolute atomic E-state index is 13.2. The smallest absolute Gasteiger partial charge is 0.266 e. The number of benzene rings is 3. The molecule has 0 amide bonds. The fourth-order valence-corrected chi connectivity index (χ4v) is 3.13. The van der Waals surface area contributed by atoms with Crippen molar-refractivity contribution in [2.75, 3.05) is 6.61 Å². The molecular weight excluding hydrogens is 348 g/mol. The monoisotopic (exact) mass is 368 g/mol. The number of para-hydroxylation sites is 2. The van der Waals surface area contributed by atoms with E-state index >= 15 is 0 Å². The van der Waals surface area contributed by atoms with Gasteiger partial charge in [-0.1, -0.05) is 48.5 Å². The van der Waals surface area contributed by atoms with E-state index in [0.29, 0.717) is 23.3 Å². The first kappa shape index (κ1) is 17.7. The molecule has 4 rings (SSSR count). The van der Waals surface area contributed by atoms with Crippen LogP contribution in [0, 0.1) is 0 Å². The highest BCUT2D eigenvalue weighted by atomic mass is 16.5. The van der Waals surface area contributed by atoms with Crippen LogP contribution in [0.3, 0.4) is 0 Å². The van der Waals surface area contributed by atoms with Gasteiger partial charge in [-0.05, 0) is 55.0 Å². The van der Waals surface area contributed by atoms with Crippen molar-refractivity contribution in [3.63, 3.8) is 0 Å². The maximum atomic E-state index is 13.2. The van der Waals surface area contributed by atoms with Crippen LogP contribution in [-0.2, 0) is 0 Å². The Kier molecular flexibility index (Phi) is 5.02. The van der Waals surface area contributed by atoms with Crippen molar-refractivity contribution in [1.82, 2.24) is 9.55 Å². The largest absolute Gasteiger partial charge is 0.494 e. The van der Waals surface area contributed by atoms with Gasteiger partial charge in [-0.2, -0.15) is 0 Å². The maximum Gasteiger partial charge on any atom is 0.266 e. The van der Waals surface area contributed by atoms with Crippen LogP contribution in [0.15, 0.2) is 83.7 Å². The molecule has 0 fully saturated rings. The molecule has 0 spiro atoms. The summed E-state index contributed by atoms with van der Waals surface area (Å²) in [6.07, 6.45) is 3.81. The first-order valence-corrected chi connectivity index (χ1v) is 9.24. The lowest BCUT2D eigenvalue weighted by molar-refractivity contribution is 0.340. The second-order valence-electron chi connectivity index (χ2n) is 6.30. The van der Waals surface area contributed by atoms with E-state index in [1.54, 1.807) is 4.57 Å².